The number of nitrogens with two attached hydrogens (primary N) is 1. The number of carbonyl (C=O) groups excluding carboxylic acids is 1. The molecule has 1 amide bonds. The summed E-state index contributed by atoms with van der Waals surface area (Å²) in [6.07, 6.45) is 0. The van der Waals surface area contributed by atoms with E-state index in [4.69, 9.17) is 17.3 Å². The Bertz CT molecular complexity index is 510. The van der Waals surface area contributed by atoms with E-state index >= 15 is 0 Å². The number of thiazole rings is 1. The van der Waals surface area contributed by atoms with Crippen LogP contribution in [0.1, 0.15) is 9.80 Å². The minimum absolute atomic E-state index is 0.310. The third kappa shape index (κ3) is 2.16. The van der Waals surface area contributed by atoms with E-state index in [9.17, 15) is 4.79 Å². The lowest BCUT2D eigenvalue weighted by atomic mass is 10.2. The van der Waals surface area contributed by atoms with Crippen molar-refractivity contribution in [2.45, 2.75) is 0 Å². The van der Waals surface area contributed by atoms with Crippen LogP contribution in [0.15, 0.2) is 29.6 Å². The van der Waals surface area contributed by atoms with Crippen molar-refractivity contribution in [3.8, 4) is 11.3 Å². The summed E-state index contributed by atoms with van der Waals surface area (Å²) >= 11 is 7.08. The van der Waals surface area contributed by atoms with Gasteiger partial charge in [-0.3, -0.25) is 4.79 Å². The van der Waals surface area contributed by atoms with Crippen LogP contribution < -0.4 is 5.73 Å². The van der Waals surface area contributed by atoms with Gasteiger partial charge >= 0.3 is 0 Å². The van der Waals surface area contributed by atoms with Crippen LogP contribution in [0.4, 0.5) is 0 Å². The Kier molecular flexibility index (Phi) is 2.70. The van der Waals surface area contributed by atoms with Gasteiger partial charge in [-0.15, -0.1) is 11.3 Å². The molecule has 1 aromatic heterocycles. The Morgan fingerprint density at radius 1 is 1.47 bits per heavy atom. The molecule has 0 radical (unpaired) electrons. The molecule has 0 spiro atoms. The topological polar surface area (TPSA) is 56.0 Å². The largest absolute Gasteiger partial charge is 0.364 e. The predicted octanol–water partition coefficient (Wildman–Crippen LogP) is 2.56. The van der Waals surface area contributed by atoms with Crippen molar-refractivity contribution in [2.75, 3.05) is 0 Å². The monoisotopic (exact) mass is 238 g/mol. The van der Waals surface area contributed by atoms with Crippen molar-refractivity contribution in [1.82, 2.24) is 4.98 Å². The maximum absolute atomic E-state index is 10.9. The molecule has 0 bridgehead atoms. The van der Waals surface area contributed by atoms with E-state index in [2.05, 4.69) is 4.98 Å². The highest BCUT2D eigenvalue weighted by atomic mass is 35.5. The van der Waals surface area contributed by atoms with E-state index in [0.29, 0.717) is 10.0 Å². The number of aromatic nitrogens is 1. The van der Waals surface area contributed by atoms with E-state index in [1.54, 1.807) is 17.5 Å². The van der Waals surface area contributed by atoms with E-state index in [0.717, 1.165) is 11.3 Å². The first-order chi connectivity index (χ1) is 7.16. The molecule has 1 aromatic carbocycles. The maximum atomic E-state index is 10.9. The zero-order valence-electron chi connectivity index (χ0n) is 7.61. The average Bonchev–Trinajstić information content (AvgIpc) is 2.66. The Hall–Kier alpha value is -1.39. The Labute approximate surface area is 95.5 Å². The highest BCUT2D eigenvalue weighted by molar-refractivity contribution is 7.12. The lowest BCUT2D eigenvalue weighted by Crippen LogP contribution is -2.10. The molecule has 0 saturated heterocycles. The summed E-state index contributed by atoms with van der Waals surface area (Å²) in [5, 5.41) is 2.73. The number of benzene rings is 1. The molecular formula is C10H7ClN2OS. The van der Waals surface area contributed by atoms with Gasteiger partial charge in [0.15, 0.2) is 5.01 Å². The summed E-state index contributed by atoms with van der Waals surface area (Å²) in [5.41, 5.74) is 6.72. The van der Waals surface area contributed by atoms with Gasteiger partial charge in [-0.05, 0) is 12.1 Å². The molecule has 0 aliphatic rings. The normalized spacial score (nSPS) is 10.2. The van der Waals surface area contributed by atoms with Crippen LogP contribution >= 0.6 is 22.9 Å². The summed E-state index contributed by atoms with van der Waals surface area (Å²) in [4.78, 5) is 15.0. The predicted molar refractivity (Wildman–Crippen MR) is 61.1 cm³/mol. The molecule has 0 atom stereocenters. The van der Waals surface area contributed by atoms with Gasteiger partial charge in [-0.25, -0.2) is 4.98 Å². The highest BCUT2D eigenvalue weighted by Gasteiger charge is 2.08. The van der Waals surface area contributed by atoms with E-state index < -0.39 is 5.91 Å². The van der Waals surface area contributed by atoms with Crippen molar-refractivity contribution < 1.29 is 4.79 Å². The number of carbonyl (C=O) groups is 1. The number of halogens is 1. The molecule has 15 heavy (non-hydrogen) atoms. The molecule has 0 saturated carbocycles. The van der Waals surface area contributed by atoms with Crippen molar-refractivity contribution in [3.05, 3.63) is 39.7 Å². The zero-order valence-corrected chi connectivity index (χ0v) is 9.18. The fraction of sp³-hybridized carbons (Fsp3) is 0. The zero-order chi connectivity index (χ0) is 10.8. The van der Waals surface area contributed by atoms with Crippen LogP contribution in [0.5, 0.6) is 0 Å². The van der Waals surface area contributed by atoms with Gasteiger partial charge in [0.25, 0.3) is 5.91 Å². The molecule has 2 rings (SSSR count). The Balaban J connectivity index is 2.41. The first kappa shape index (κ1) is 10.1. The number of hydrogen-bond donors (Lipinski definition) is 1. The molecule has 3 nitrogen and oxygen atoms in total. The molecule has 5 heteroatoms. The maximum Gasteiger partial charge on any atom is 0.277 e. The molecule has 0 unspecified atom stereocenters. The van der Waals surface area contributed by atoms with E-state index in [1.165, 1.54) is 11.3 Å². The van der Waals surface area contributed by atoms with Gasteiger partial charge in [-0.1, -0.05) is 23.7 Å². The van der Waals surface area contributed by atoms with Crippen molar-refractivity contribution in [1.29, 1.82) is 0 Å². The van der Waals surface area contributed by atoms with Crippen molar-refractivity contribution >= 4 is 28.8 Å². The number of amides is 1. The van der Waals surface area contributed by atoms with E-state index in [1.807, 2.05) is 12.1 Å². The van der Waals surface area contributed by atoms with Gasteiger partial charge in [0.05, 0.1) is 5.69 Å². The first-order valence-electron chi connectivity index (χ1n) is 4.18. The van der Waals surface area contributed by atoms with Gasteiger partial charge < -0.3 is 5.73 Å². The number of primary amides is 1. The van der Waals surface area contributed by atoms with Crippen LogP contribution in [-0.2, 0) is 0 Å². The summed E-state index contributed by atoms with van der Waals surface area (Å²) in [5.74, 6) is -0.506. The third-order valence-electron chi connectivity index (χ3n) is 1.84. The number of rotatable bonds is 2. The Morgan fingerprint density at radius 2 is 2.27 bits per heavy atom. The number of nitrogens with zero attached hydrogens (tertiary/aromatic N) is 1. The Morgan fingerprint density at radius 3 is 2.87 bits per heavy atom. The second-order valence-corrected chi connectivity index (χ2v) is 4.21. The molecular weight excluding hydrogens is 232 g/mol. The van der Waals surface area contributed by atoms with Gasteiger partial charge in [0.2, 0.25) is 0 Å². The molecule has 2 aromatic rings. The minimum atomic E-state index is -0.506. The van der Waals surface area contributed by atoms with Gasteiger partial charge in [-0.2, -0.15) is 0 Å². The van der Waals surface area contributed by atoms with Crippen molar-refractivity contribution in [2.24, 2.45) is 5.73 Å². The standard InChI is InChI=1S/C10H7ClN2OS/c11-7-3-1-2-6(4-7)8-5-15-10(13-8)9(12)14/h1-5H,(H2,12,14). The minimum Gasteiger partial charge on any atom is -0.364 e. The van der Waals surface area contributed by atoms with Crippen LogP contribution in [0.25, 0.3) is 11.3 Å². The van der Waals surface area contributed by atoms with Crippen LogP contribution in [0, 0.1) is 0 Å². The molecule has 0 aliphatic carbocycles. The van der Waals surface area contributed by atoms with Gasteiger partial charge in [0, 0.05) is 16.0 Å². The number of hydrogen-bond acceptors (Lipinski definition) is 3. The summed E-state index contributed by atoms with van der Waals surface area (Å²) in [7, 11) is 0. The fourth-order valence-corrected chi connectivity index (χ4v) is 2.04. The van der Waals surface area contributed by atoms with Crippen molar-refractivity contribution in [3.63, 3.8) is 0 Å². The SMILES string of the molecule is NC(=O)c1nc(-c2cccc(Cl)c2)cs1. The molecule has 0 fully saturated rings. The third-order valence-corrected chi connectivity index (χ3v) is 2.93. The quantitative estimate of drug-likeness (QED) is 0.874. The second kappa shape index (κ2) is 4.00. The summed E-state index contributed by atoms with van der Waals surface area (Å²) in [6.45, 7) is 0. The molecule has 2 N–H and O–H groups in total. The smallest absolute Gasteiger partial charge is 0.277 e. The highest BCUT2D eigenvalue weighted by Crippen LogP contribution is 2.24. The molecule has 0 aliphatic heterocycles. The molecule has 76 valence electrons. The lowest BCUT2D eigenvalue weighted by molar-refractivity contribution is 0.1000. The second-order valence-electron chi connectivity index (χ2n) is 2.91. The fourth-order valence-electron chi connectivity index (χ4n) is 1.17. The van der Waals surface area contributed by atoms with Gasteiger partial charge in [0.1, 0.15) is 0 Å². The molecule has 1 heterocycles. The first-order valence-corrected chi connectivity index (χ1v) is 5.44. The van der Waals surface area contributed by atoms with Crippen LogP contribution in [0.3, 0.4) is 0 Å². The average molecular weight is 239 g/mol. The van der Waals surface area contributed by atoms with Crippen LogP contribution in [-0.4, -0.2) is 10.9 Å². The van der Waals surface area contributed by atoms with Crippen LogP contribution in [0.2, 0.25) is 5.02 Å². The lowest BCUT2D eigenvalue weighted by Gasteiger charge is -1.96. The summed E-state index contributed by atoms with van der Waals surface area (Å²) in [6, 6.07) is 7.29. The van der Waals surface area contributed by atoms with E-state index in [-0.39, 0.29) is 0 Å². The summed E-state index contributed by atoms with van der Waals surface area (Å²) < 4.78 is 0.